The zero-order valence-electron chi connectivity index (χ0n) is 11.1. The number of hydrogen-bond donors (Lipinski definition) is 2. The highest BCUT2D eigenvalue weighted by atomic mass is 16.5. The molecule has 0 aromatic heterocycles. The first-order chi connectivity index (χ1) is 8.74. The normalized spacial score (nSPS) is 17.9. The number of rotatable bonds is 6. The average molecular weight is 250 g/mol. The number of quaternary nitrogens is 1. The van der Waals surface area contributed by atoms with Crippen LogP contribution >= 0.6 is 0 Å². The van der Waals surface area contributed by atoms with Gasteiger partial charge in [-0.15, -0.1) is 0 Å². The Morgan fingerprint density at radius 1 is 1.28 bits per heavy atom. The Hall–Kier alpha value is -1.06. The molecule has 1 fully saturated rings. The van der Waals surface area contributed by atoms with Crippen LogP contribution in [0.5, 0.6) is 5.75 Å². The van der Waals surface area contributed by atoms with Crippen molar-refractivity contribution < 1.29 is 15.2 Å². The van der Waals surface area contributed by atoms with Crippen LogP contribution in [0.2, 0.25) is 0 Å². The van der Waals surface area contributed by atoms with Crippen molar-refractivity contribution in [1.82, 2.24) is 0 Å². The number of ether oxygens (including phenoxy) is 1. The average Bonchev–Trinajstić information content (AvgIpc) is 2.89. The Bertz CT molecular complexity index is 344. The molecule has 0 saturated heterocycles. The summed E-state index contributed by atoms with van der Waals surface area (Å²) in [5.74, 6) is 0.834. The van der Waals surface area contributed by atoms with Gasteiger partial charge in [0.05, 0.1) is 6.04 Å². The van der Waals surface area contributed by atoms with Crippen LogP contribution in [-0.4, -0.2) is 30.4 Å². The van der Waals surface area contributed by atoms with E-state index in [9.17, 15) is 5.11 Å². The second kappa shape index (κ2) is 6.76. The lowest BCUT2D eigenvalue weighted by Gasteiger charge is -2.14. The molecule has 1 aromatic rings. The van der Waals surface area contributed by atoms with Gasteiger partial charge < -0.3 is 15.2 Å². The van der Waals surface area contributed by atoms with Gasteiger partial charge in [0.25, 0.3) is 0 Å². The van der Waals surface area contributed by atoms with Gasteiger partial charge in [-0.2, -0.15) is 0 Å². The SMILES string of the molecule is Cc1ccc(OC[C@H](O)C[NH2+]C2CCCC2)cc1. The summed E-state index contributed by atoms with van der Waals surface area (Å²) < 4.78 is 5.57. The van der Waals surface area contributed by atoms with Crippen molar-refractivity contribution in [2.75, 3.05) is 13.2 Å². The third-order valence-corrected chi connectivity index (χ3v) is 3.60. The third-order valence-electron chi connectivity index (χ3n) is 3.60. The van der Waals surface area contributed by atoms with Crippen LogP contribution in [0.4, 0.5) is 0 Å². The molecule has 2 rings (SSSR count). The number of aryl methyl sites for hydroxylation is 1. The Balaban J connectivity index is 1.64. The molecule has 18 heavy (non-hydrogen) atoms. The van der Waals surface area contributed by atoms with E-state index in [4.69, 9.17) is 4.74 Å². The number of hydrogen-bond acceptors (Lipinski definition) is 2. The van der Waals surface area contributed by atoms with Gasteiger partial charge in [-0.3, -0.25) is 0 Å². The first kappa shape index (κ1) is 13.4. The zero-order chi connectivity index (χ0) is 12.8. The highest BCUT2D eigenvalue weighted by Gasteiger charge is 2.19. The molecule has 0 spiro atoms. The standard InChI is InChI=1S/C15H23NO2/c1-12-6-8-15(9-7-12)18-11-14(17)10-16-13-4-2-3-5-13/h6-9,13-14,16-17H,2-5,10-11H2,1H3/p+1/t14-/m1/s1. The first-order valence-electron chi connectivity index (χ1n) is 6.95. The predicted octanol–water partition coefficient (Wildman–Crippen LogP) is 1.24. The van der Waals surface area contributed by atoms with Gasteiger partial charge in [0, 0.05) is 0 Å². The van der Waals surface area contributed by atoms with E-state index in [0.29, 0.717) is 6.61 Å². The Morgan fingerprint density at radius 3 is 2.61 bits per heavy atom. The third kappa shape index (κ3) is 4.31. The monoisotopic (exact) mass is 250 g/mol. The van der Waals surface area contributed by atoms with Crippen LogP contribution in [0.3, 0.4) is 0 Å². The van der Waals surface area contributed by atoms with Crippen molar-refractivity contribution in [2.45, 2.75) is 44.8 Å². The van der Waals surface area contributed by atoms with Crippen molar-refractivity contribution in [3.8, 4) is 5.75 Å². The van der Waals surface area contributed by atoms with E-state index in [-0.39, 0.29) is 6.10 Å². The predicted molar refractivity (Wildman–Crippen MR) is 71.7 cm³/mol. The first-order valence-corrected chi connectivity index (χ1v) is 6.95. The Kier molecular flexibility index (Phi) is 5.02. The fourth-order valence-electron chi connectivity index (χ4n) is 2.44. The maximum atomic E-state index is 9.87. The van der Waals surface area contributed by atoms with E-state index in [1.807, 2.05) is 24.3 Å². The summed E-state index contributed by atoms with van der Waals surface area (Å²) in [7, 11) is 0. The summed E-state index contributed by atoms with van der Waals surface area (Å²) in [5, 5.41) is 12.1. The number of aliphatic hydroxyl groups excluding tert-OH is 1. The van der Waals surface area contributed by atoms with Crippen molar-refractivity contribution in [3.63, 3.8) is 0 Å². The lowest BCUT2D eigenvalue weighted by Crippen LogP contribution is -2.91. The highest BCUT2D eigenvalue weighted by Crippen LogP contribution is 2.14. The molecule has 3 heteroatoms. The molecule has 1 aliphatic rings. The van der Waals surface area contributed by atoms with Crippen LogP contribution < -0.4 is 10.1 Å². The van der Waals surface area contributed by atoms with Crippen LogP contribution in [-0.2, 0) is 0 Å². The molecular weight excluding hydrogens is 226 g/mol. The lowest BCUT2D eigenvalue weighted by atomic mass is 10.2. The van der Waals surface area contributed by atoms with Gasteiger partial charge in [0.2, 0.25) is 0 Å². The van der Waals surface area contributed by atoms with Gasteiger partial charge in [-0.1, -0.05) is 17.7 Å². The molecular formula is C15H24NO2+. The molecule has 1 atom stereocenters. The van der Waals surface area contributed by atoms with Crippen molar-refractivity contribution in [1.29, 1.82) is 0 Å². The van der Waals surface area contributed by atoms with E-state index < -0.39 is 0 Å². The molecule has 0 radical (unpaired) electrons. The minimum atomic E-state index is -0.382. The van der Waals surface area contributed by atoms with Crippen molar-refractivity contribution in [2.24, 2.45) is 0 Å². The molecule has 1 aromatic carbocycles. The molecule has 3 N–H and O–H groups in total. The lowest BCUT2D eigenvalue weighted by molar-refractivity contribution is -0.693. The summed E-state index contributed by atoms with van der Waals surface area (Å²) in [5.41, 5.74) is 1.22. The fourth-order valence-corrected chi connectivity index (χ4v) is 2.44. The Morgan fingerprint density at radius 2 is 1.94 bits per heavy atom. The van der Waals surface area contributed by atoms with E-state index in [1.54, 1.807) is 0 Å². The number of aliphatic hydroxyl groups is 1. The Labute approximate surface area is 109 Å². The largest absolute Gasteiger partial charge is 0.491 e. The maximum absolute atomic E-state index is 9.87. The van der Waals surface area contributed by atoms with E-state index in [1.165, 1.54) is 31.2 Å². The van der Waals surface area contributed by atoms with Gasteiger partial charge in [0.1, 0.15) is 25.0 Å². The second-order valence-corrected chi connectivity index (χ2v) is 5.29. The van der Waals surface area contributed by atoms with Crippen LogP contribution in [0.15, 0.2) is 24.3 Å². The van der Waals surface area contributed by atoms with Gasteiger partial charge in [-0.25, -0.2) is 0 Å². The molecule has 0 unspecified atom stereocenters. The summed E-state index contributed by atoms with van der Waals surface area (Å²) in [4.78, 5) is 0. The minimum absolute atomic E-state index is 0.381. The molecule has 0 bridgehead atoms. The molecule has 3 nitrogen and oxygen atoms in total. The molecule has 0 heterocycles. The van der Waals surface area contributed by atoms with E-state index >= 15 is 0 Å². The molecule has 1 saturated carbocycles. The maximum Gasteiger partial charge on any atom is 0.137 e. The molecule has 100 valence electrons. The summed E-state index contributed by atoms with van der Waals surface area (Å²) >= 11 is 0. The summed E-state index contributed by atoms with van der Waals surface area (Å²) in [6.07, 6.45) is 4.90. The van der Waals surface area contributed by atoms with Crippen LogP contribution in [0.1, 0.15) is 31.2 Å². The number of nitrogens with two attached hydrogens (primary N) is 1. The fraction of sp³-hybridized carbons (Fsp3) is 0.600. The van der Waals surface area contributed by atoms with E-state index in [2.05, 4.69) is 12.2 Å². The van der Waals surface area contributed by atoms with Crippen LogP contribution in [0, 0.1) is 6.92 Å². The van der Waals surface area contributed by atoms with Gasteiger partial charge in [-0.05, 0) is 44.7 Å². The van der Waals surface area contributed by atoms with E-state index in [0.717, 1.165) is 18.3 Å². The summed E-state index contributed by atoms with van der Waals surface area (Å²) in [6, 6.07) is 8.66. The van der Waals surface area contributed by atoms with Crippen molar-refractivity contribution >= 4 is 0 Å². The minimum Gasteiger partial charge on any atom is -0.491 e. The topological polar surface area (TPSA) is 46.1 Å². The number of benzene rings is 1. The molecule has 1 aliphatic carbocycles. The molecule has 0 amide bonds. The zero-order valence-corrected chi connectivity index (χ0v) is 11.1. The quantitative estimate of drug-likeness (QED) is 0.798. The summed E-state index contributed by atoms with van der Waals surface area (Å²) in [6.45, 7) is 3.18. The molecule has 0 aliphatic heterocycles. The van der Waals surface area contributed by atoms with Crippen LogP contribution in [0.25, 0.3) is 0 Å². The smallest absolute Gasteiger partial charge is 0.137 e. The second-order valence-electron chi connectivity index (χ2n) is 5.29. The van der Waals surface area contributed by atoms with Gasteiger partial charge in [0.15, 0.2) is 0 Å². The highest BCUT2D eigenvalue weighted by molar-refractivity contribution is 5.26. The van der Waals surface area contributed by atoms with Gasteiger partial charge >= 0.3 is 0 Å². The van der Waals surface area contributed by atoms with Crippen molar-refractivity contribution in [3.05, 3.63) is 29.8 Å².